The summed E-state index contributed by atoms with van der Waals surface area (Å²) >= 11 is 5.84. The second-order valence-electron chi connectivity index (χ2n) is 4.55. The van der Waals surface area contributed by atoms with Crippen molar-refractivity contribution in [1.82, 2.24) is 4.98 Å². The van der Waals surface area contributed by atoms with Gasteiger partial charge in [-0.2, -0.15) is 0 Å². The van der Waals surface area contributed by atoms with Crippen LogP contribution in [0.25, 0.3) is 22.2 Å². The summed E-state index contributed by atoms with van der Waals surface area (Å²) in [5.74, 6) is 1.10. The van der Waals surface area contributed by atoms with Crippen molar-refractivity contribution in [3.05, 3.63) is 59.6 Å². The van der Waals surface area contributed by atoms with Gasteiger partial charge in [-0.05, 0) is 41.4 Å². The van der Waals surface area contributed by atoms with Crippen LogP contribution >= 0.6 is 11.6 Å². The molecule has 0 unspecified atom stereocenters. The molecule has 2 aromatic carbocycles. The number of rotatable bonds is 3. The monoisotopic (exact) mass is 300 g/mol. The maximum Gasteiger partial charge on any atom is 0.317 e. The van der Waals surface area contributed by atoms with E-state index in [2.05, 4.69) is 4.98 Å². The first-order valence-electron chi connectivity index (χ1n) is 6.46. The first-order valence-corrected chi connectivity index (χ1v) is 6.99. The zero-order valence-corrected chi connectivity index (χ0v) is 12.2. The highest BCUT2D eigenvalue weighted by Gasteiger charge is 2.18. The third kappa shape index (κ3) is 2.38. The fourth-order valence-corrected chi connectivity index (χ4v) is 2.47. The van der Waals surface area contributed by atoms with E-state index in [1.807, 2.05) is 48.5 Å². The molecule has 0 N–H and O–H groups in total. The molecule has 0 radical (unpaired) electrons. The van der Waals surface area contributed by atoms with Crippen LogP contribution in [0.3, 0.4) is 0 Å². The highest BCUT2D eigenvalue weighted by Crippen LogP contribution is 2.26. The number of benzene rings is 2. The lowest BCUT2D eigenvalue weighted by Crippen LogP contribution is -2.35. The van der Waals surface area contributed by atoms with Crippen LogP contribution in [0, 0.1) is 5.21 Å². The van der Waals surface area contributed by atoms with E-state index in [1.54, 1.807) is 7.11 Å². The number of nitrogens with zero attached hydrogens (tertiary/aromatic N) is 2. The van der Waals surface area contributed by atoms with Crippen molar-refractivity contribution >= 4 is 22.5 Å². The van der Waals surface area contributed by atoms with Gasteiger partial charge in [0.15, 0.2) is 5.52 Å². The second-order valence-corrected chi connectivity index (χ2v) is 4.82. The average molecular weight is 301 g/mol. The molecule has 0 atom stereocenters. The summed E-state index contributed by atoms with van der Waals surface area (Å²) < 4.78 is 5.95. The third-order valence-electron chi connectivity index (χ3n) is 3.33. The molecular weight excluding hydrogens is 288 g/mol. The van der Waals surface area contributed by atoms with Crippen LogP contribution < -0.4 is 9.47 Å². The van der Waals surface area contributed by atoms with E-state index in [4.69, 9.17) is 16.3 Å². The highest BCUT2D eigenvalue weighted by molar-refractivity contribution is 6.16. The van der Waals surface area contributed by atoms with Gasteiger partial charge in [0.1, 0.15) is 17.3 Å². The molecule has 1 heterocycles. The van der Waals surface area contributed by atoms with E-state index in [1.165, 1.54) is 0 Å². The zero-order chi connectivity index (χ0) is 14.8. The number of halogens is 1. The number of alkyl halides is 1. The highest BCUT2D eigenvalue weighted by atomic mass is 35.5. The van der Waals surface area contributed by atoms with Gasteiger partial charge in [-0.1, -0.05) is 12.1 Å². The second kappa shape index (κ2) is 5.58. The van der Waals surface area contributed by atoms with Crippen LogP contribution in [0.5, 0.6) is 5.75 Å². The fraction of sp³-hybridized carbons (Fsp3) is 0.125. The summed E-state index contributed by atoms with van der Waals surface area (Å²) in [6.45, 7) is 0. The molecule has 4 nitrogen and oxygen atoms in total. The molecule has 0 saturated carbocycles. The molecule has 0 aliphatic rings. The molecule has 21 heavy (non-hydrogen) atoms. The number of hydrogen-bond donors (Lipinski definition) is 0. The van der Waals surface area contributed by atoms with Gasteiger partial charge in [-0.3, -0.25) is 0 Å². The molecule has 0 aliphatic heterocycles. The third-order valence-corrected chi connectivity index (χ3v) is 3.57. The number of para-hydroxylation sites is 1. The van der Waals surface area contributed by atoms with Gasteiger partial charge in [-0.15, -0.1) is 11.6 Å². The Bertz CT molecular complexity index is 788. The van der Waals surface area contributed by atoms with Crippen molar-refractivity contribution in [3.63, 3.8) is 0 Å². The summed E-state index contributed by atoms with van der Waals surface area (Å²) in [6.07, 6.45) is 0. The topological polar surface area (TPSA) is 49.1 Å². The average Bonchev–Trinajstić information content (AvgIpc) is 2.54. The van der Waals surface area contributed by atoms with Crippen LogP contribution in [-0.2, 0) is 5.88 Å². The Morgan fingerprint density at radius 3 is 2.52 bits per heavy atom. The maximum absolute atomic E-state index is 12.5. The smallest absolute Gasteiger partial charge is 0.317 e. The van der Waals surface area contributed by atoms with E-state index >= 15 is 0 Å². The number of ether oxygens (including phenoxy) is 1. The first-order chi connectivity index (χ1) is 10.2. The molecule has 106 valence electrons. The quantitative estimate of drug-likeness (QED) is 0.424. The Labute approximate surface area is 127 Å². The summed E-state index contributed by atoms with van der Waals surface area (Å²) in [6, 6.07) is 14.9. The molecule has 5 heteroatoms. The normalized spacial score (nSPS) is 10.8. The van der Waals surface area contributed by atoms with Gasteiger partial charge in [0.05, 0.1) is 12.5 Å². The van der Waals surface area contributed by atoms with Gasteiger partial charge in [-0.25, -0.2) is 4.73 Å². The predicted octanol–water partition coefficient (Wildman–Crippen LogP) is 3.28. The van der Waals surface area contributed by atoms with Crippen molar-refractivity contribution < 1.29 is 9.47 Å². The van der Waals surface area contributed by atoms with E-state index in [9.17, 15) is 5.21 Å². The fourth-order valence-electron chi connectivity index (χ4n) is 2.30. The van der Waals surface area contributed by atoms with Crippen molar-refractivity contribution in [2.24, 2.45) is 0 Å². The van der Waals surface area contributed by atoms with Crippen molar-refractivity contribution in [2.75, 3.05) is 7.11 Å². The van der Waals surface area contributed by atoms with E-state index < -0.39 is 0 Å². The van der Waals surface area contributed by atoms with Crippen molar-refractivity contribution in [1.29, 1.82) is 0 Å². The minimum atomic E-state index is 0.0670. The summed E-state index contributed by atoms with van der Waals surface area (Å²) in [5.41, 5.74) is 2.11. The summed E-state index contributed by atoms with van der Waals surface area (Å²) in [7, 11) is 1.61. The molecule has 3 rings (SSSR count). The molecule has 0 bridgehead atoms. The van der Waals surface area contributed by atoms with Crippen LogP contribution in [0.2, 0.25) is 0 Å². The Morgan fingerprint density at radius 2 is 1.86 bits per heavy atom. The summed E-state index contributed by atoms with van der Waals surface area (Å²) in [5, 5.41) is 13.3. The standard InChI is InChI=1S/C16H13ClN2O2/c1-21-12-8-6-11(7-9-12)16-13-4-2-3-5-14(13)18-15(10-17)19(16)20/h2-9H,10H2,1H3. The summed E-state index contributed by atoms with van der Waals surface area (Å²) in [4.78, 5) is 4.31. The van der Waals surface area contributed by atoms with E-state index in [0.717, 1.165) is 26.9 Å². The van der Waals surface area contributed by atoms with E-state index in [0.29, 0.717) is 11.5 Å². The molecular formula is C16H13ClN2O2. The molecule has 0 amide bonds. The molecule has 0 spiro atoms. The number of hydrogen-bond acceptors (Lipinski definition) is 3. The Kier molecular flexibility index (Phi) is 3.62. The molecule has 0 aliphatic carbocycles. The van der Waals surface area contributed by atoms with Crippen molar-refractivity contribution in [3.8, 4) is 17.0 Å². The van der Waals surface area contributed by atoms with Crippen LogP contribution in [0.4, 0.5) is 0 Å². The van der Waals surface area contributed by atoms with Crippen LogP contribution in [0.15, 0.2) is 48.5 Å². The maximum atomic E-state index is 12.5. The number of aromatic nitrogens is 2. The molecule has 0 fully saturated rings. The minimum absolute atomic E-state index is 0.0670. The minimum Gasteiger partial charge on any atom is -0.710 e. The van der Waals surface area contributed by atoms with Gasteiger partial charge < -0.3 is 9.94 Å². The predicted molar refractivity (Wildman–Crippen MR) is 82.2 cm³/mol. The molecule has 0 saturated heterocycles. The molecule has 1 aromatic heterocycles. The SMILES string of the molecule is COc1ccc(-c2c3ccccc3nc(CCl)[n+]2[O-])cc1. The van der Waals surface area contributed by atoms with Gasteiger partial charge in [0.25, 0.3) is 0 Å². The first kappa shape index (κ1) is 13.6. The lowest BCUT2D eigenvalue weighted by Gasteiger charge is -2.13. The van der Waals surface area contributed by atoms with Crippen LogP contribution in [0.1, 0.15) is 5.82 Å². The Hall–Kier alpha value is -2.33. The van der Waals surface area contributed by atoms with Gasteiger partial charge in [0.2, 0.25) is 0 Å². The van der Waals surface area contributed by atoms with E-state index in [-0.39, 0.29) is 5.88 Å². The zero-order valence-electron chi connectivity index (χ0n) is 11.4. The van der Waals surface area contributed by atoms with Gasteiger partial charge in [0, 0.05) is 5.56 Å². The van der Waals surface area contributed by atoms with Crippen LogP contribution in [-0.4, -0.2) is 12.1 Å². The molecule has 3 aromatic rings. The largest absolute Gasteiger partial charge is 0.710 e. The Morgan fingerprint density at radius 1 is 1.14 bits per heavy atom. The lowest BCUT2D eigenvalue weighted by atomic mass is 10.1. The Balaban J connectivity index is 2.30. The number of methoxy groups -OCH3 is 1. The van der Waals surface area contributed by atoms with Crippen molar-refractivity contribution in [2.45, 2.75) is 5.88 Å². The number of fused-ring (bicyclic) bond motifs is 1. The van der Waals surface area contributed by atoms with Gasteiger partial charge >= 0.3 is 5.82 Å². The lowest BCUT2D eigenvalue weighted by molar-refractivity contribution is -0.603.